The lowest BCUT2D eigenvalue weighted by molar-refractivity contribution is -0.127. The highest BCUT2D eigenvalue weighted by Crippen LogP contribution is 2.28. The second-order valence-electron chi connectivity index (χ2n) is 5.89. The fraction of sp³-hybridized carbons (Fsp3) is 0.714. The van der Waals surface area contributed by atoms with Gasteiger partial charge in [-0.2, -0.15) is 17.5 Å². The number of alkyl halides is 3. The maximum Gasteiger partial charge on any atom is 0.511 e. The second kappa shape index (κ2) is 11.0. The number of guanidine groups is 1. The van der Waals surface area contributed by atoms with Crippen LogP contribution in [0.2, 0.25) is 0 Å². The van der Waals surface area contributed by atoms with Crippen molar-refractivity contribution < 1.29 is 26.4 Å². The normalized spacial score (nSPS) is 17.0. The van der Waals surface area contributed by atoms with Crippen LogP contribution in [0.25, 0.3) is 0 Å². The zero-order valence-electron chi connectivity index (χ0n) is 15.1. The van der Waals surface area contributed by atoms with Gasteiger partial charge in [-0.05, 0) is 12.8 Å². The molecule has 0 aromatic heterocycles. The van der Waals surface area contributed by atoms with Gasteiger partial charge in [0.25, 0.3) is 0 Å². The number of sulfonamides is 1. The topological polar surface area (TPSA) is 94.1 Å². The molecular formula is C14H25F3IN5O3S. The summed E-state index contributed by atoms with van der Waals surface area (Å²) in [6.07, 6.45) is 1.96. The molecule has 158 valence electrons. The van der Waals surface area contributed by atoms with Gasteiger partial charge in [0.2, 0.25) is 5.91 Å². The Bertz CT molecular complexity index is 632. The van der Waals surface area contributed by atoms with Gasteiger partial charge in [-0.15, -0.1) is 30.6 Å². The zero-order valence-corrected chi connectivity index (χ0v) is 18.3. The van der Waals surface area contributed by atoms with Crippen LogP contribution in [0.1, 0.15) is 12.8 Å². The monoisotopic (exact) mass is 527 g/mol. The lowest BCUT2D eigenvalue weighted by Gasteiger charge is -2.32. The van der Waals surface area contributed by atoms with Crippen LogP contribution >= 0.6 is 24.0 Å². The Hall–Kier alpha value is -1.09. The summed E-state index contributed by atoms with van der Waals surface area (Å²) in [5, 5.41) is 5.93. The minimum Gasteiger partial charge on any atom is -0.354 e. The average molecular weight is 527 g/mol. The van der Waals surface area contributed by atoms with E-state index in [0.29, 0.717) is 16.8 Å². The van der Waals surface area contributed by atoms with Gasteiger partial charge >= 0.3 is 15.5 Å². The summed E-state index contributed by atoms with van der Waals surface area (Å²) < 4.78 is 61.0. The largest absolute Gasteiger partial charge is 0.511 e. The molecule has 0 aromatic rings. The van der Waals surface area contributed by atoms with Crippen molar-refractivity contribution in [1.82, 2.24) is 19.8 Å². The number of carbonyl (C=O) groups is 1. The Kier molecular flexibility index (Phi) is 10.6. The maximum absolute atomic E-state index is 12.6. The van der Waals surface area contributed by atoms with Crippen LogP contribution < -0.4 is 10.6 Å². The molecule has 27 heavy (non-hydrogen) atoms. The third-order valence-corrected chi connectivity index (χ3v) is 5.34. The van der Waals surface area contributed by atoms with E-state index < -0.39 is 15.5 Å². The van der Waals surface area contributed by atoms with Gasteiger partial charge in [0.1, 0.15) is 6.54 Å². The van der Waals surface area contributed by atoms with Crippen LogP contribution in [0, 0.1) is 0 Å². The molecule has 13 heteroatoms. The van der Waals surface area contributed by atoms with Crippen LogP contribution in [0.4, 0.5) is 13.2 Å². The van der Waals surface area contributed by atoms with Crippen molar-refractivity contribution >= 4 is 45.9 Å². The molecule has 0 spiro atoms. The van der Waals surface area contributed by atoms with Crippen molar-refractivity contribution in [2.75, 3.05) is 40.3 Å². The van der Waals surface area contributed by atoms with E-state index in [1.807, 2.05) is 0 Å². The third kappa shape index (κ3) is 7.81. The first-order valence-corrected chi connectivity index (χ1v) is 9.35. The molecule has 0 atom stereocenters. The van der Waals surface area contributed by atoms with E-state index in [2.05, 4.69) is 22.2 Å². The van der Waals surface area contributed by atoms with Gasteiger partial charge in [-0.3, -0.25) is 4.79 Å². The Morgan fingerprint density at radius 1 is 1.33 bits per heavy atom. The smallest absolute Gasteiger partial charge is 0.354 e. The van der Waals surface area contributed by atoms with Crippen molar-refractivity contribution in [2.45, 2.75) is 24.4 Å². The van der Waals surface area contributed by atoms with E-state index in [0.717, 1.165) is 0 Å². The first kappa shape index (κ1) is 25.9. The van der Waals surface area contributed by atoms with Crippen molar-refractivity contribution in [3.63, 3.8) is 0 Å². The summed E-state index contributed by atoms with van der Waals surface area (Å²) in [5.74, 6) is 0.105. The minimum absolute atomic E-state index is 0. The molecule has 0 bridgehead atoms. The minimum atomic E-state index is -5.30. The number of nitrogens with one attached hydrogen (secondary N) is 2. The highest BCUT2D eigenvalue weighted by Gasteiger charge is 2.50. The van der Waals surface area contributed by atoms with Crippen LogP contribution in [-0.2, 0) is 14.8 Å². The fourth-order valence-corrected chi connectivity index (χ4v) is 3.17. The molecule has 1 aliphatic heterocycles. The molecule has 0 aromatic carbocycles. The van der Waals surface area contributed by atoms with Crippen molar-refractivity contribution in [2.24, 2.45) is 4.99 Å². The number of aliphatic imine (C=N–C) groups is 1. The lowest BCUT2D eigenvalue weighted by atomic mass is 10.1. The summed E-state index contributed by atoms with van der Waals surface area (Å²) >= 11 is 0. The summed E-state index contributed by atoms with van der Waals surface area (Å²) in [4.78, 5) is 17.1. The standard InChI is InChI=1S/C14H24F3N5O3S.HI/c1-4-7-18-13(19-10-12(23)21(2)3)20-11-5-8-22(9-6-11)26(24,25)14(15,16)17;/h4,11H,1,5-10H2,2-3H3,(H2,18,19,20);1H. The van der Waals surface area contributed by atoms with Gasteiger partial charge in [0, 0.05) is 39.8 Å². The van der Waals surface area contributed by atoms with Crippen molar-refractivity contribution in [3.8, 4) is 0 Å². The molecule has 1 saturated heterocycles. The second-order valence-corrected chi connectivity index (χ2v) is 7.82. The van der Waals surface area contributed by atoms with Crippen LogP contribution in [0.15, 0.2) is 17.6 Å². The molecule has 0 unspecified atom stereocenters. The molecule has 0 radical (unpaired) electrons. The SMILES string of the molecule is C=CCNC(=NCC(=O)N(C)C)NC1CCN(S(=O)(=O)C(F)(F)F)CC1.I. The molecule has 1 aliphatic rings. The van der Waals surface area contributed by atoms with Gasteiger partial charge in [0.15, 0.2) is 5.96 Å². The number of nitrogens with zero attached hydrogens (tertiary/aromatic N) is 3. The van der Waals surface area contributed by atoms with E-state index in [9.17, 15) is 26.4 Å². The predicted molar refractivity (Wildman–Crippen MR) is 107 cm³/mol. The van der Waals surface area contributed by atoms with E-state index in [4.69, 9.17) is 0 Å². The van der Waals surface area contributed by atoms with Gasteiger partial charge < -0.3 is 15.5 Å². The Morgan fingerprint density at radius 3 is 2.33 bits per heavy atom. The number of hydrogen-bond acceptors (Lipinski definition) is 4. The fourth-order valence-electron chi connectivity index (χ4n) is 2.19. The Balaban J connectivity index is 0.00000676. The lowest BCUT2D eigenvalue weighted by Crippen LogP contribution is -2.51. The van der Waals surface area contributed by atoms with Crippen LogP contribution in [0.5, 0.6) is 0 Å². The number of amides is 1. The quantitative estimate of drug-likeness (QED) is 0.230. The molecule has 1 rings (SSSR count). The summed E-state index contributed by atoms with van der Waals surface area (Å²) in [7, 11) is -2.11. The molecular weight excluding hydrogens is 502 g/mol. The summed E-state index contributed by atoms with van der Waals surface area (Å²) in [5.41, 5.74) is -5.29. The van der Waals surface area contributed by atoms with Gasteiger partial charge in [-0.1, -0.05) is 6.08 Å². The number of likely N-dealkylation sites (N-methyl/N-ethyl adjacent to an activating group) is 1. The first-order valence-electron chi connectivity index (χ1n) is 7.91. The van der Waals surface area contributed by atoms with E-state index in [1.165, 1.54) is 4.90 Å². The summed E-state index contributed by atoms with van der Waals surface area (Å²) in [6, 6.07) is -0.264. The Morgan fingerprint density at radius 2 is 1.89 bits per heavy atom. The zero-order chi connectivity index (χ0) is 20.0. The number of carbonyl (C=O) groups excluding carboxylic acids is 1. The molecule has 8 nitrogen and oxygen atoms in total. The number of piperidine rings is 1. The van der Waals surface area contributed by atoms with Crippen LogP contribution in [0.3, 0.4) is 0 Å². The maximum atomic E-state index is 12.6. The third-order valence-electron chi connectivity index (χ3n) is 3.71. The molecule has 1 amide bonds. The van der Waals surface area contributed by atoms with Crippen LogP contribution in [-0.4, -0.2) is 81.3 Å². The molecule has 0 aliphatic carbocycles. The molecule has 2 N–H and O–H groups in total. The van der Waals surface area contributed by atoms with Crippen molar-refractivity contribution in [3.05, 3.63) is 12.7 Å². The molecule has 1 fully saturated rings. The van der Waals surface area contributed by atoms with Crippen molar-refractivity contribution in [1.29, 1.82) is 0 Å². The van der Waals surface area contributed by atoms with E-state index >= 15 is 0 Å². The highest BCUT2D eigenvalue weighted by atomic mass is 127. The molecule has 1 heterocycles. The first-order chi connectivity index (χ1) is 12.0. The number of rotatable bonds is 6. The van der Waals surface area contributed by atoms with Gasteiger partial charge in [0.05, 0.1) is 0 Å². The predicted octanol–water partition coefficient (Wildman–Crippen LogP) is 0.728. The van der Waals surface area contributed by atoms with Gasteiger partial charge in [-0.25, -0.2) is 13.4 Å². The highest BCUT2D eigenvalue weighted by molar-refractivity contribution is 14.0. The molecule has 0 saturated carbocycles. The summed E-state index contributed by atoms with van der Waals surface area (Å²) in [6.45, 7) is 3.35. The van der Waals surface area contributed by atoms with E-state index in [1.54, 1.807) is 20.2 Å². The number of hydrogen-bond donors (Lipinski definition) is 2. The Labute approximate surface area is 174 Å². The van der Waals surface area contributed by atoms with E-state index in [-0.39, 0.29) is 68.4 Å². The average Bonchev–Trinajstić information content (AvgIpc) is 2.56. The number of halogens is 4.